The lowest BCUT2D eigenvalue weighted by atomic mass is 10.1. The van der Waals surface area contributed by atoms with Gasteiger partial charge < -0.3 is 9.84 Å². The van der Waals surface area contributed by atoms with Crippen LogP contribution in [-0.4, -0.2) is 11.2 Å². The second-order valence-electron chi connectivity index (χ2n) is 5.10. The number of rotatable bonds is 3. The van der Waals surface area contributed by atoms with Crippen molar-refractivity contribution < 1.29 is 9.84 Å². The Kier molecular flexibility index (Phi) is 5.07. The van der Waals surface area contributed by atoms with Gasteiger partial charge in [-0.15, -0.1) is 0 Å². The van der Waals surface area contributed by atoms with Gasteiger partial charge in [-0.3, -0.25) is 0 Å². The van der Waals surface area contributed by atoms with Crippen LogP contribution in [0.3, 0.4) is 0 Å². The van der Waals surface area contributed by atoms with Crippen LogP contribution in [-0.2, 0) is 6.61 Å². The van der Waals surface area contributed by atoms with Gasteiger partial charge in [0.25, 0.3) is 0 Å². The second kappa shape index (κ2) is 6.58. The number of hydrogen-bond donors (Lipinski definition) is 1. The maximum atomic E-state index is 9.45. The van der Waals surface area contributed by atoms with E-state index >= 15 is 0 Å². The topological polar surface area (TPSA) is 29.5 Å². The third-order valence-electron chi connectivity index (χ3n) is 3.57. The lowest BCUT2D eigenvalue weighted by Gasteiger charge is -2.21. The molecule has 1 saturated carbocycles. The van der Waals surface area contributed by atoms with Crippen LogP contribution in [0.2, 0.25) is 0 Å². The molecule has 1 aromatic rings. The summed E-state index contributed by atoms with van der Waals surface area (Å²) in [6.45, 7) is 2.07. The molecule has 0 aliphatic heterocycles. The van der Waals surface area contributed by atoms with Crippen LogP contribution < -0.4 is 4.74 Å². The summed E-state index contributed by atoms with van der Waals surface area (Å²) in [5.74, 6) is 0.882. The molecule has 1 fully saturated rings. The number of aliphatic hydroxyl groups is 1. The molecule has 3 heteroatoms. The van der Waals surface area contributed by atoms with Crippen molar-refractivity contribution in [2.75, 3.05) is 0 Å². The van der Waals surface area contributed by atoms with Crippen molar-refractivity contribution in [3.63, 3.8) is 0 Å². The zero-order valence-electron chi connectivity index (χ0n) is 10.9. The number of ether oxygens (including phenoxy) is 1. The van der Waals surface area contributed by atoms with Crippen molar-refractivity contribution in [2.45, 2.75) is 58.2 Å². The van der Waals surface area contributed by atoms with E-state index in [2.05, 4.69) is 15.9 Å². The second-order valence-corrected chi connectivity index (χ2v) is 6.02. The first-order valence-corrected chi connectivity index (χ1v) is 7.56. The molecule has 100 valence electrons. The Balaban J connectivity index is 2.16. The van der Waals surface area contributed by atoms with Gasteiger partial charge in [-0.25, -0.2) is 0 Å². The average molecular weight is 313 g/mol. The number of aryl methyl sites for hydroxylation is 1. The molecule has 0 aromatic heterocycles. The number of halogens is 1. The highest BCUT2D eigenvalue weighted by Gasteiger charge is 2.17. The highest BCUT2D eigenvalue weighted by molar-refractivity contribution is 9.10. The fraction of sp³-hybridized carbons (Fsp3) is 0.600. The molecule has 0 amide bonds. The molecular formula is C15H21BrO2. The van der Waals surface area contributed by atoms with E-state index in [-0.39, 0.29) is 6.61 Å². The number of benzene rings is 1. The molecule has 1 aliphatic carbocycles. The molecular weight excluding hydrogens is 292 g/mol. The summed E-state index contributed by atoms with van der Waals surface area (Å²) in [7, 11) is 0. The Morgan fingerprint density at radius 1 is 1.22 bits per heavy atom. The summed E-state index contributed by atoms with van der Waals surface area (Å²) < 4.78 is 7.16. The summed E-state index contributed by atoms with van der Waals surface area (Å²) in [6, 6.07) is 3.99. The predicted octanol–water partition coefficient (Wildman–Crippen LogP) is 4.35. The first-order chi connectivity index (χ1) is 8.70. The molecule has 0 unspecified atom stereocenters. The van der Waals surface area contributed by atoms with Crippen molar-refractivity contribution in [1.82, 2.24) is 0 Å². The van der Waals surface area contributed by atoms with Crippen LogP contribution in [0.5, 0.6) is 5.75 Å². The number of hydrogen-bond acceptors (Lipinski definition) is 2. The van der Waals surface area contributed by atoms with Crippen LogP contribution in [0.15, 0.2) is 16.6 Å². The molecule has 0 spiro atoms. The van der Waals surface area contributed by atoms with E-state index in [0.717, 1.165) is 34.2 Å². The maximum Gasteiger partial charge on any atom is 0.128 e. The van der Waals surface area contributed by atoms with E-state index in [0.29, 0.717) is 6.10 Å². The quantitative estimate of drug-likeness (QED) is 0.841. The molecule has 18 heavy (non-hydrogen) atoms. The fourth-order valence-corrected chi connectivity index (χ4v) is 3.23. The summed E-state index contributed by atoms with van der Waals surface area (Å²) in [5.41, 5.74) is 1.98. The zero-order chi connectivity index (χ0) is 13.0. The van der Waals surface area contributed by atoms with E-state index in [9.17, 15) is 5.11 Å². The van der Waals surface area contributed by atoms with Gasteiger partial charge in [0.2, 0.25) is 0 Å². The van der Waals surface area contributed by atoms with Crippen molar-refractivity contribution in [3.8, 4) is 5.75 Å². The third kappa shape index (κ3) is 3.48. The van der Waals surface area contributed by atoms with Crippen LogP contribution in [0.4, 0.5) is 0 Å². The van der Waals surface area contributed by atoms with E-state index < -0.39 is 0 Å². The van der Waals surface area contributed by atoms with Gasteiger partial charge in [-0.1, -0.05) is 28.8 Å². The summed E-state index contributed by atoms with van der Waals surface area (Å²) in [5, 5.41) is 9.45. The normalized spacial score (nSPS) is 17.5. The fourth-order valence-electron chi connectivity index (χ4n) is 2.61. The molecule has 1 aliphatic rings. The van der Waals surface area contributed by atoms with Gasteiger partial charge in [0.1, 0.15) is 5.75 Å². The molecule has 1 aromatic carbocycles. The Bertz CT molecular complexity index is 396. The zero-order valence-corrected chi connectivity index (χ0v) is 12.5. The van der Waals surface area contributed by atoms with Gasteiger partial charge >= 0.3 is 0 Å². The van der Waals surface area contributed by atoms with Crippen molar-refractivity contribution in [3.05, 3.63) is 27.7 Å². The van der Waals surface area contributed by atoms with Gasteiger partial charge in [0, 0.05) is 10.0 Å². The minimum atomic E-state index is 0.0301. The predicted molar refractivity (Wildman–Crippen MR) is 76.9 cm³/mol. The van der Waals surface area contributed by atoms with E-state index in [1.54, 1.807) is 0 Å². The summed E-state index contributed by atoms with van der Waals surface area (Å²) in [6.07, 6.45) is 7.76. The smallest absolute Gasteiger partial charge is 0.128 e. The molecule has 0 bridgehead atoms. The first kappa shape index (κ1) is 13.9. The molecule has 0 saturated heterocycles. The molecule has 0 radical (unpaired) electrons. The number of aliphatic hydroxyl groups excluding tert-OH is 1. The largest absolute Gasteiger partial charge is 0.490 e. The van der Waals surface area contributed by atoms with E-state index in [1.165, 1.54) is 25.7 Å². The van der Waals surface area contributed by atoms with Crippen LogP contribution in [0.25, 0.3) is 0 Å². The summed E-state index contributed by atoms with van der Waals surface area (Å²) >= 11 is 3.46. The Morgan fingerprint density at radius 2 is 1.89 bits per heavy atom. The average Bonchev–Trinajstić information content (AvgIpc) is 2.60. The highest BCUT2D eigenvalue weighted by atomic mass is 79.9. The molecule has 0 heterocycles. The molecule has 0 atom stereocenters. The lowest BCUT2D eigenvalue weighted by Crippen LogP contribution is -2.16. The maximum absolute atomic E-state index is 9.45. The van der Waals surface area contributed by atoms with Crippen LogP contribution >= 0.6 is 15.9 Å². The Labute approximate surface area is 117 Å². The van der Waals surface area contributed by atoms with Crippen molar-refractivity contribution >= 4 is 15.9 Å². The van der Waals surface area contributed by atoms with Gasteiger partial charge in [0.05, 0.1) is 12.7 Å². The Hall–Kier alpha value is -0.540. The van der Waals surface area contributed by atoms with E-state index in [4.69, 9.17) is 4.74 Å². The van der Waals surface area contributed by atoms with Crippen LogP contribution in [0, 0.1) is 6.92 Å². The van der Waals surface area contributed by atoms with E-state index in [1.807, 2.05) is 19.1 Å². The minimum Gasteiger partial charge on any atom is -0.490 e. The molecule has 2 rings (SSSR count). The molecule has 2 nitrogen and oxygen atoms in total. The summed E-state index contributed by atoms with van der Waals surface area (Å²) in [4.78, 5) is 0. The SMILES string of the molecule is Cc1cc(Br)cc(CO)c1OC1CCCCCC1. The highest BCUT2D eigenvalue weighted by Crippen LogP contribution is 2.31. The lowest BCUT2D eigenvalue weighted by molar-refractivity contribution is 0.175. The van der Waals surface area contributed by atoms with Crippen LogP contribution in [0.1, 0.15) is 49.7 Å². The minimum absolute atomic E-state index is 0.0301. The first-order valence-electron chi connectivity index (χ1n) is 6.77. The Morgan fingerprint density at radius 3 is 2.50 bits per heavy atom. The standard InChI is InChI=1S/C15H21BrO2/c1-11-8-13(16)9-12(10-17)15(11)18-14-6-4-2-3-5-7-14/h8-9,14,17H,2-7,10H2,1H3. The van der Waals surface area contributed by atoms with Gasteiger partial charge in [-0.2, -0.15) is 0 Å². The monoisotopic (exact) mass is 312 g/mol. The van der Waals surface area contributed by atoms with Gasteiger partial charge in [-0.05, 0) is 50.3 Å². The van der Waals surface area contributed by atoms with Crippen molar-refractivity contribution in [1.29, 1.82) is 0 Å². The van der Waals surface area contributed by atoms with Gasteiger partial charge in [0.15, 0.2) is 0 Å². The molecule has 1 N–H and O–H groups in total. The third-order valence-corrected chi connectivity index (χ3v) is 4.03. The van der Waals surface area contributed by atoms with Crippen molar-refractivity contribution in [2.24, 2.45) is 0 Å².